The first-order chi connectivity index (χ1) is 17.0. The van der Waals surface area contributed by atoms with Crippen molar-refractivity contribution in [2.75, 3.05) is 0 Å². The number of hydrogen-bond donors (Lipinski definition) is 0. The summed E-state index contributed by atoms with van der Waals surface area (Å²) < 4.78 is 4.64. The summed E-state index contributed by atoms with van der Waals surface area (Å²) in [5.74, 6) is 0.549. The van der Waals surface area contributed by atoms with Gasteiger partial charge in [0.2, 0.25) is 5.52 Å². The summed E-state index contributed by atoms with van der Waals surface area (Å²) in [5, 5.41) is 19.0. The number of rotatable bonds is 2. The van der Waals surface area contributed by atoms with Gasteiger partial charge in [0.05, 0.1) is 32.9 Å². The maximum atomic E-state index is 10.6. The molecule has 0 radical (unpaired) electrons. The van der Waals surface area contributed by atoms with Gasteiger partial charge in [-0.2, -0.15) is 5.26 Å². The Bertz CT molecular complexity index is 2030. The Balaban J connectivity index is 1.96. The SMILES string of the molecule is Cc1c2ccccc2c(C#N)c2c1c1c3c(cc[n+]1C)cc(CC(C)C)c1c4ccccc4n2c13. The molecule has 0 aliphatic carbocycles. The van der Waals surface area contributed by atoms with Crippen molar-refractivity contribution < 1.29 is 4.57 Å². The highest BCUT2D eigenvalue weighted by Gasteiger charge is 2.28. The number of para-hydroxylation sites is 1. The van der Waals surface area contributed by atoms with Crippen molar-refractivity contribution in [3.05, 3.63) is 83.6 Å². The Hall–Kier alpha value is -4.16. The molecular weight excluding hydrogens is 426 g/mol. The summed E-state index contributed by atoms with van der Waals surface area (Å²) in [5.41, 5.74) is 7.99. The van der Waals surface area contributed by atoms with Gasteiger partial charge in [0, 0.05) is 22.2 Å². The monoisotopic (exact) mass is 452 g/mol. The molecule has 0 amide bonds. The molecule has 0 saturated heterocycles. The van der Waals surface area contributed by atoms with E-state index in [0.717, 1.165) is 28.3 Å². The lowest BCUT2D eigenvalue weighted by Crippen LogP contribution is -2.29. The minimum absolute atomic E-state index is 0.549. The minimum atomic E-state index is 0.549. The van der Waals surface area contributed by atoms with E-state index in [2.05, 4.69) is 104 Å². The highest BCUT2D eigenvalue weighted by Crippen LogP contribution is 2.45. The molecule has 7 rings (SSSR count). The molecule has 35 heavy (non-hydrogen) atoms. The largest absolute Gasteiger partial charge is 0.306 e. The highest BCUT2D eigenvalue weighted by atomic mass is 15.0. The quantitative estimate of drug-likeness (QED) is 0.153. The van der Waals surface area contributed by atoms with Crippen molar-refractivity contribution in [2.24, 2.45) is 13.0 Å². The van der Waals surface area contributed by atoms with Gasteiger partial charge >= 0.3 is 0 Å². The molecule has 0 saturated carbocycles. The zero-order chi connectivity index (χ0) is 24.0. The van der Waals surface area contributed by atoms with Crippen molar-refractivity contribution in [3.63, 3.8) is 0 Å². The van der Waals surface area contributed by atoms with Gasteiger partial charge in [0.15, 0.2) is 6.20 Å². The molecule has 0 spiro atoms. The van der Waals surface area contributed by atoms with Crippen molar-refractivity contribution >= 4 is 59.8 Å². The van der Waals surface area contributed by atoms with E-state index in [1.807, 2.05) is 6.07 Å². The lowest BCUT2D eigenvalue weighted by atomic mass is 9.90. The fraction of sp³-hybridized carbons (Fsp3) is 0.188. The van der Waals surface area contributed by atoms with Gasteiger partial charge in [0.1, 0.15) is 13.1 Å². The lowest BCUT2D eigenvalue weighted by Gasteiger charge is -2.17. The summed E-state index contributed by atoms with van der Waals surface area (Å²) in [6.45, 7) is 6.79. The molecule has 0 bridgehead atoms. The first kappa shape index (κ1) is 20.2. The third-order valence-corrected chi connectivity index (χ3v) is 7.77. The molecule has 0 unspecified atom stereocenters. The van der Waals surface area contributed by atoms with E-state index in [1.54, 1.807) is 0 Å². The molecule has 0 aliphatic rings. The van der Waals surface area contributed by atoms with Gasteiger partial charge in [-0.05, 0) is 53.3 Å². The van der Waals surface area contributed by atoms with Crippen LogP contribution in [0.2, 0.25) is 0 Å². The molecule has 3 heteroatoms. The zero-order valence-electron chi connectivity index (χ0n) is 20.5. The van der Waals surface area contributed by atoms with Crippen molar-refractivity contribution in [1.29, 1.82) is 5.26 Å². The van der Waals surface area contributed by atoms with Crippen LogP contribution in [0.1, 0.15) is 30.5 Å². The Kier molecular flexibility index (Phi) is 4.01. The number of nitrogens with zero attached hydrogens (tertiary/aromatic N) is 3. The standard InChI is InChI=1S/C32H26N3/c1-18(2)15-21-16-20-13-14-34(4)31-27-19(3)22-9-5-6-10-23(22)25(17-33)30(27)35-26-12-8-7-11-24(26)28(21)32(35)29(20)31/h5-14,16,18H,15H2,1-4H3/q+1. The van der Waals surface area contributed by atoms with Crippen LogP contribution < -0.4 is 4.57 Å². The predicted molar refractivity (Wildman–Crippen MR) is 145 cm³/mol. The van der Waals surface area contributed by atoms with Crippen LogP contribution in [-0.4, -0.2) is 4.40 Å². The van der Waals surface area contributed by atoms with Crippen molar-refractivity contribution in [2.45, 2.75) is 27.2 Å². The van der Waals surface area contributed by atoms with E-state index in [0.29, 0.717) is 5.92 Å². The van der Waals surface area contributed by atoms with Crippen LogP contribution in [0.3, 0.4) is 0 Å². The predicted octanol–water partition coefficient (Wildman–Crippen LogP) is 7.35. The fourth-order valence-electron chi connectivity index (χ4n) is 6.45. The van der Waals surface area contributed by atoms with Gasteiger partial charge in [-0.15, -0.1) is 0 Å². The lowest BCUT2D eigenvalue weighted by molar-refractivity contribution is -0.643. The molecule has 0 aliphatic heterocycles. The number of nitriles is 1. The molecule has 3 heterocycles. The van der Waals surface area contributed by atoms with Gasteiger partial charge < -0.3 is 4.40 Å². The second-order valence-electron chi connectivity index (χ2n) is 10.3. The van der Waals surface area contributed by atoms with E-state index in [9.17, 15) is 5.26 Å². The average Bonchev–Trinajstić information content (AvgIpc) is 3.21. The molecular formula is C32H26N3+. The first-order valence-electron chi connectivity index (χ1n) is 12.3. The smallest absolute Gasteiger partial charge is 0.224 e. The second-order valence-corrected chi connectivity index (χ2v) is 10.3. The van der Waals surface area contributed by atoms with Gasteiger partial charge in [-0.25, -0.2) is 4.57 Å². The molecule has 7 aromatic rings. The Morgan fingerprint density at radius 3 is 2.34 bits per heavy atom. The summed E-state index contributed by atoms with van der Waals surface area (Å²) in [6, 6.07) is 24.3. The van der Waals surface area contributed by atoms with E-state index in [4.69, 9.17) is 0 Å². The summed E-state index contributed by atoms with van der Waals surface area (Å²) >= 11 is 0. The maximum Gasteiger partial charge on any atom is 0.224 e. The molecule has 3 nitrogen and oxygen atoms in total. The van der Waals surface area contributed by atoms with Crippen LogP contribution in [0.25, 0.3) is 59.8 Å². The Morgan fingerprint density at radius 2 is 1.60 bits per heavy atom. The number of pyridine rings is 2. The third-order valence-electron chi connectivity index (χ3n) is 7.77. The van der Waals surface area contributed by atoms with E-state index in [-0.39, 0.29) is 0 Å². The zero-order valence-corrected chi connectivity index (χ0v) is 20.5. The molecule has 3 aromatic heterocycles. The third kappa shape index (κ3) is 2.47. The molecule has 0 N–H and O–H groups in total. The number of hydrogen-bond acceptors (Lipinski definition) is 1. The van der Waals surface area contributed by atoms with Crippen LogP contribution in [0.5, 0.6) is 0 Å². The maximum absolute atomic E-state index is 10.6. The van der Waals surface area contributed by atoms with Gasteiger partial charge in [0.25, 0.3) is 0 Å². The van der Waals surface area contributed by atoms with Crippen LogP contribution in [0.15, 0.2) is 66.9 Å². The van der Waals surface area contributed by atoms with Crippen LogP contribution >= 0.6 is 0 Å². The van der Waals surface area contributed by atoms with Crippen LogP contribution in [0.4, 0.5) is 0 Å². The number of fused-ring (bicyclic) bond motifs is 7. The first-order valence-corrected chi connectivity index (χ1v) is 12.3. The number of aryl methyl sites for hydroxylation is 2. The van der Waals surface area contributed by atoms with Gasteiger partial charge in [-0.3, -0.25) is 0 Å². The summed E-state index contributed by atoms with van der Waals surface area (Å²) in [4.78, 5) is 0. The van der Waals surface area contributed by atoms with Crippen LogP contribution in [-0.2, 0) is 13.5 Å². The summed E-state index contributed by atoms with van der Waals surface area (Å²) in [7, 11) is 2.13. The Morgan fingerprint density at radius 1 is 0.886 bits per heavy atom. The van der Waals surface area contributed by atoms with Crippen LogP contribution in [0, 0.1) is 24.2 Å². The molecule has 0 fully saturated rings. The summed E-state index contributed by atoms with van der Waals surface area (Å²) in [6.07, 6.45) is 3.19. The number of benzene rings is 4. The topological polar surface area (TPSA) is 32.1 Å². The molecule has 4 aromatic carbocycles. The number of aromatic nitrogens is 2. The van der Waals surface area contributed by atoms with E-state index < -0.39 is 0 Å². The van der Waals surface area contributed by atoms with E-state index >= 15 is 0 Å². The Labute approximate surface area is 203 Å². The minimum Gasteiger partial charge on any atom is -0.306 e. The normalized spacial score (nSPS) is 12.3. The van der Waals surface area contributed by atoms with E-state index in [1.165, 1.54) is 54.6 Å². The van der Waals surface area contributed by atoms with Crippen molar-refractivity contribution in [1.82, 2.24) is 4.40 Å². The average molecular weight is 453 g/mol. The van der Waals surface area contributed by atoms with Crippen molar-refractivity contribution in [3.8, 4) is 6.07 Å². The van der Waals surface area contributed by atoms with Gasteiger partial charge in [-0.1, -0.05) is 56.3 Å². The fourth-order valence-corrected chi connectivity index (χ4v) is 6.45. The molecule has 168 valence electrons. The highest BCUT2D eigenvalue weighted by molar-refractivity contribution is 6.30. The molecule has 0 atom stereocenters. The second kappa shape index (κ2) is 6.93.